The summed E-state index contributed by atoms with van der Waals surface area (Å²) in [6.07, 6.45) is 0.0672. The average Bonchev–Trinajstić information content (AvgIpc) is 3.01. The summed E-state index contributed by atoms with van der Waals surface area (Å²) in [6.45, 7) is 7.64. The summed E-state index contributed by atoms with van der Waals surface area (Å²) >= 11 is 0. The highest BCUT2D eigenvalue weighted by Gasteiger charge is 2.32. The number of amides is 4. The van der Waals surface area contributed by atoms with Crippen molar-refractivity contribution in [2.75, 3.05) is 13.2 Å². The maximum atomic E-state index is 13.5. The molecular weight excluding hydrogens is 575 g/mol. The van der Waals surface area contributed by atoms with Crippen molar-refractivity contribution in [3.8, 4) is 5.75 Å². The molecule has 1 aliphatic heterocycles. The highest BCUT2D eigenvalue weighted by Crippen LogP contribution is 2.23. The Hall–Kier alpha value is -4.73. The first-order chi connectivity index (χ1) is 21.4. The Morgan fingerprint density at radius 1 is 0.933 bits per heavy atom. The summed E-state index contributed by atoms with van der Waals surface area (Å²) in [4.78, 5) is 53.9. The third-order valence-electron chi connectivity index (χ3n) is 7.85. The van der Waals surface area contributed by atoms with E-state index in [-0.39, 0.29) is 42.1 Å². The van der Waals surface area contributed by atoms with E-state index in [2.05, 4.69) is 21.3 Å². The zero-order valence-corrected chi connectivity index (χ0v) is 26.1. The minimum atomic E-state index is -1.25. The van der Waals surface area contributed by atoms with E-state index in [0.717, 1.165) is 11.1 Å². The zero-order chi connectivity index (χ0) is 32.6. The lowest BCUT2D eigenvalue weighted by molar-refractivity contribution is -0.132. The van der Waals surface area contributed by atoms with Gasteiger partial charge in [0, 0.05) is 12.0 Å². The molecule has 0 bridgehead atoms. The van der Waals surface area contributed by atoms with Crippen LogP contribution in [0, 0.1) is 11.7 Å². The van der Waals surface area contributed by atoms with Gasteiger partial charge in [0.05, 0.1) is 18.0 Å². The molecule has 0 unspecified atom stereocenters. The summed E-state index contributed by atoms with van der Waals surface area (Å²) in [7, 11) is 0. The number of para-hydroxylation sites is 1. The van der Waals surface area contributed by atoms with E-state index in [4.69, 9.17) is 4.74 Å². The van der Waals surface area contributed by atoms with Gasteiger partial charge in [-0.2, -0.15) is 0 Å². The van der Waals surface area contributed by atoms with Crippen molar-refractivity contribution < 1.29 is 28.3 Å². The second-order valence-electron chi connectivity index (χ2n) is 12.3. The van der Waals surface area contributed by atoms with Crippen LogP contribution in [0.1, 0.15) is 55.6 Å². The van der Waals surface area contributed by atoms with Crippen LogP contribution in [0.4, 0.5) is 4.39 Å². The van der Waals surface area contributed by atoms with Gasteiger partial charge in [-0.1, -0.05) is 82.3 Å². The molecule has 3 aromatic rings. The van der Waals surface area contributed by atoms with Crippen molar-refractivity contribution in [1.29, 1.82) is 0 Å². The summed E-state index contributed by atoms with van der Waals surface area (Å²) in [5.41, 5.74) is 1.40. The van der Waals surface area contributed by atoms with Crippen LogP contribution < -0.4 is 26.0 Å². The van der Waals surface area contributed by atoms with Crippen molar-refractivity contribution in [3.63, 3.8) is 0 Å². The van der Waals surface area contributed by atoms with Gasteiger partial charge in [0.1, 0.15) is 30.3 Å². The minimum absolute atomic E-state index is 0.0616. The molecule has 0 aliphatic carbocycles. The van der Waals surface area contributed by atoms with Gasteiger partial charge in [0.2, 0.25) is 17.7 Å². The van der Waals surface area contributed by atoms with Crippen molar-refractivity contribution in [2.24, 2.45) is 5.92 Å². The highest BCUT2D eigenvalue weighted by atomic mass is 19.1. The molecule has 238 valence electrons. The molecule has 0 fully saturated rings. The normalized spacial score (nSPS) is 19.7. The lowest BCUT2D eigenvalue weighted by Gasteiger charge is -2.29. The number of carbonyl (C=O) groups is 4. The predicted octanol–water partition coefficient (Wildman–Crippen LogP) is 3.67. The molecule has 3 atom stereocenters. The molecule has 10 heteroatoms. The van der Waals surface area contributed by atoms with Crippen LogP contribution in [0.15, 0.2) is 78.9 Å². The van der Waals surface area contributed by atoms with Crippen LogP contribution in [0.25, 0.3) is 0 Å². The molecule has 1 heterocycles. The molecule has 1 aliphatic rings. The van der Waals surface area contributed by atoms with Crippen LogP contribution in [0.5, 0.6) is 5.75 Å². The fourth-order valence-electron chi connectivity index (χ4n) is 5.14. The summed E-state index contributed by atoms with van der Waals surface area (Å²) in [5.74, 6) is -2.45. The quantitative estimate of drug-likeness (QED) is 0.323. The molecule has 4 amide bonds. The van der Waals surface area contributed by atoms with E-state index in [9.17, 15) is 23.6 Å². The monoisotopic (exact) mass is 616 g/mol. The number of nitrogens with one attached hydrogen (secondary N) is 4. The first kappa shape index (κ1) is 33.2. The third-order valence-corrected chi connectivity index (χ3v) is 7.85. The number of carbonyl (C=O) groups excluding carboxylic acids is 4. The Labute approximate surface area is 263 Å². The molecular formula is C35H41FN4O5. The van der Waals surface area contributed by atoms with E-state index in [1.54, 1.807) is 36.4 Å². The van der Waals surface area contributed by atoms with E-state index < -0.39 is 47.7 Å². The fraction of sp³-hybridized carbons (Fsp3) is 0.371. The lowest BCUT2D eigenvalue weighted by atomic mass is 9.84. The highest BCUT2D eigenvalue weighted by molar-refractivity contribution is 6.01. The van der Waals surface area contributed by atoms with Gasteiger partial charge < -0.3 is 26.0 Å². The van der Waals surface area contributed by atoms with Crippen LogP contribution in [0.3, 0.4) is 0 Å². The standard InChI is InChI=1S/C35H41FN4O5/c1-22(2)31-34(44)38-26(18-23-10-6-5-7-11-23)20-45-29-13-9-8-12-27(29)32(42)39-28(19-30(41)40-31)33(43)37-21-35(3,4)24-14-16-25(36)17-15-24/h5-17,22,26,28,31H,18-21H2,1-4H3,(H,37,43)(H,38,44)(H,39,42)(H,40,41)/t26-,28+,31+/m1/s1. The van der Waals surface area contributed by atoms with E-state index >= 15 is 0 Å². The number of fused-ring (bicyclic) bond motifs is 1. The Kier molecular flexibility index (Phi) is 10.9. The van der Waals surface area contributed by atoms with Gasteiger partial charge in [-0.05, 0) is 47.7 Å². The van der Waals surface area contributed by atoms with Gasteiger partial charge in [-0.3, -0.25) is 19.2 Å². The number of halogens is 1. The number of hydrogen-bond donors (Lipinski definition) is 4. The predicted molar refractivity (Wildman–Crippen MR) is 169 cm³/mol. The van der Waals surface area contributed by atoms with Crippen LogP contribution in [-0.2, 0) is 26.2 Å². The fourth-order valence-corrected chi connectivity index (χ4v) is 5.14. The molecule has 0 aromatic heterocycles. The van der Waals surface area contributed by atoms with Crippen LogP contribution in [0.2, 0.25) is 0 Å². The largest absolute Gasteiger partial charge is 0.491 e. The van der Waals surface area contributed by atoms with Gasteiger partial charge in [0.15, 0.2) is 0 Å². The average molecular weight is 617 g/mol. The van der Waals surface area contributed by atoms with Crippen molar-refractivity contribution in [3.05, 3.63) is 101 Å². The lowest BCUT2D eigenvalue weighted by Crippen LogP contribution is -2.56. The van der Waals surface area contributed by atoms with Gasteiger partial charge >= 0.3 is 0 Å². The molecule has 4 rings (SSSR count). The zero-order valence-electron chi connectivity index (χ0n) is 26.1. The molecule has 45 heavy (non-hydrogen) atoms. The Morgan fingerprint density at radius 3 is 2.29 bits per heavy atom. The summed E-state index contributed by atoms with van der Waals surface area (Å²) in [5, 5.41) is 11.3. The first-order valence-electron chi connectivity index (χ1n) is 15.1. The number of ether oxygens (including phenoxy) is 1. The summed E-state index contributed by atoms with van der Waals surface area (Å²) in [6, 6.07) is 19.7. The minimum Gasteiger partial charge on any atom is -0.491 e. The number of benzene rings is 3. The van der Waals surface area contributed by atoms with E-state index in [0.29, 0.717) is 6.42 Å². The Bertz CT molecular complexity index is 1490. The second kappa shape index (κ2) is 14.8. The van der Waals surface area contributed by atoms with Gasteiger partial charge in [-0.15, -0.1) is 0 Å². The van der Waals surface area contributed by atoms with Crippen molar-refractivity contribution in [1.82, 2.24) is 21.3 Å². The SMILES string of the molecule is CC(C)[C@@H]1NC(=O)C[C@@H](C(=O)NCC(C)(C)c2ccc(F)cc2)NC(=O)c2ccccc2OC[C@@H](Cc2ccccc2)NC1=O. The number of rotatable bonds is 7. The van der Waals surface area contributed by atoms with Crippen LogP contribution in [-0.4, -0.2) is 54.9 Å². The van der Waals surface area contributed by atoms with Crippen molar-refractivity contribution in [2.45, 2.75) is 64.1 Å². The smallest absolute Gasteiger partial charge is 0.255 e. The molecule has 0 saturated carbocycles. The van der Waals surface area contributed by atoms with Gasteiger partial charge in [-0.25, -0.2) is 4.39 Å². The Morgan fingerprint density at radius 2 is 1.60 bits per heavy atom. The first-order valence-corrected chi connectivity index (χ1v) is 15.1. The topological polar surface area (TPSA) is 126 Å². The van der Waals surface area contributed by atoms with Gasteiger partial charge in [0.25, 0.3) is 5.91 Å². The van der Waals surface area contributed by atoms with Crippen molar-refractivity contribution >= 4 is 23.6 Å². The van der Waals surface area contributed by atoms with E-state index in [1.165, 1.54) is 12.1 Å². The molecule has 9 nitrogen and oxygen atoms in total. The summed E-state index contributed by atoms with van der Waals surface area (Å²) < 4.78 is 19.6. The molecule has 0 radical (unpaired) electrons. The molecule has 0 spiro atoms. The molecule has 3 aromatic carbocycles. The second-order valence-corrected chi connectivity index (χ2v) is 12.3. The third kappa shape index (κ3) is 9.14. The molecule has 4 N–H and O–H groups in total. The molecule has 0 saturated heterocycles. The Balaban J connectivity index is 1.59. The maximum absolute atomic E-state index is 13.5. The number of hydrogen-bond acceptors (Lipinski definition) is 5. The van der Waals surface area contributed by atoms with Crippen LogP contribution >= 0.6 is 0 Å². The maximum Gasteiger partial charge on any atom is 0.255 e. The van der Waals surface area contributed by atoms with E-state index in [1.807, 2.05) is 58.0 Å².